The molecule has 0 radical (unpaired) electrons. The molecule has 1 fully saturated rings. The van der Waals surface area contributed by atoms with Gasteiger partial charge in [0.15, 0.2) is 0 Å². The van der Waals surface area contributed by atoms with Gasteiger partial charge in [-0.3, -0.25) is 9.89 Å². The van der Waals surface area contributed by atoms with Crippen molar-refractivity contribution in [2.24, 2.45) is 21.9 Å². The number of piperidine rings is 1. The molecule has 1 aromatic rings. The molecule has 29 heavy (non-hydrogen) atoms. The van der Waals surface area contributed by atoms with Crippen molar-refractivity contribution in [3.8, 4) is 0 Å². The fraction of sp³-hybridized carbons (Fsp3) is 0.727. The Labute approximate surface area is 178 Å². The third-order valence-electron chi connectivity index (χ3n) is 6.43. The fourth-order valence-electron chi connectivity index (χ4n) is 4.46. The van der Waals surface area contributed by atoms with E-state index in [1.54, 1.807) is 6.21 Å². The van der Waals surface area contributed by atoms with Gasteiger partial charge in [-0.1, -0.05) is 13.8 Å². The van der Waals surface area contributed by atoms with Gasteiger partial charge < -0.3 is 15.7 Å². The molecule has 1 saturated heterocycles. The van der Waals surface area contributed by atoms with Gasteiger partial charge in [-0.2, -0.15) is 5.10 Å². The third kappa shape index (κ3) is 5.08. The van der Waals surface area contributed by atoms with Gasteiger partial charge in [-0.05, 0) is 44.2 Å². The lowest BCUT2D eigenvalue weighted by atomic mass is 9.79. The first kappa shape index (κ1) is 22.4. The van der Waals surface area contributed by atoms with Crippen molar-refractivity contribution >= 4 is 23.3 Å². The second kappa shape index (κ2) is 10.2. The Morgan fingerprint density at radius 3 is 3.00 bits per heavy atom. The number of aliphatic hydroxyl groups is 1. The van der Waals surface area contributed by atoms with Crippen LogP contribution < -0.4 is 5.84 Å². The summed E-state index contributed by atoms with van der Waals surface area (Å²) in [6, 6.07) is 2.78. The number of fused-ring (bicyclic) bond motifs is 2. The molecule has 1 unspecified atom stereocenters. The topological polar surface area (TPSA) is 83.4 Å². The predicted octanol–water partition coefficient (Wildman–Crippen LogP) is 2.97. The molecule has 2 aliphatic rings. The third-order valence-corrected chi connectivity index (χ3v) is 7.77. The molecular formula is C22H36N4O2S. The van der Waals surface area contributed by atoms with Gasteiger partial charge >= 0.3 is 0 Å². The number of rotatable bonds is 8. The van der Waals surface area contributed by atoms with Crippen LogP contribution in [0.25, 0.3) is 0 Å². The highest BCUT2D eigenvalue weighted by Gasteiger charge is 2.44. The van der Waals surface area contributed by atoms with E-state index >= 15 is 0 Å². The van der Waals surface area contributed by atoms with Crippen LogP contribution in [-0.4, -0.2) is 60.8 Å². The summed E-state index contributed by atoms with van der Waals surface area (Å²) in [6.07, 6.45) is 6.83. The molecule has 7 heteroatoms. The Morgan fingerprint density at radius 2 is 2.34 bits per heavy atom. The first-order valence-electron chi connectivity index (χ1n) is 10.9. The number of hydrogen-bond acceptors (Lipinski definition) is 7. The number of aliphatic imine (C=N–C) groups is 1. The van der Waals surface area contributed by atoms with Crippen LogP contribution in [0.15, 0.2) is 16.2 Å². The minimum Gasteiger partial charge on any atom is -0.396 e. The molecule has 0 bridgehead atoms. The zero-order valence-corrected chi connectivity index (χ0v) is 18.9. The van der Waals surface area contributed by atoms with E-state index in [1.807, 2.05) is 11.3 Å². The number of aryl methyl sites for hydroxylation is 1. The second-order valence-electron chi connectivity index (χ2n) is 8.34. The van der Waals surface area contributed by atoms with Crippen molar-refractivity contribution in [2.75, 3.05) is 32.8 Å². The van der Waals surface area contributed by atoms with Crippen molar-refractivity contribution in [1.82, 2.24) is 4.90 Å². The van der Waals surface area contributed by atoms with E-state index < -0.39 is 0 Å². The summed E-state index contributed by atoms with van der Waals surface area (Å²) in [5.74, 6) is 5.84. The predicted molar refractivity (Wildman–Crippen MR) is 121 cm³/mol. The SMILES string of the molecule is CCc1cc2c(s1)CCO[C@@]21CCN(C/C(C=NCC(CC)CO)=N/N)[C@@H](C)C1. The van der Waals surface area contributed by atoms with E-state index in [1.165, 1.54) is 15.3 Å². The Morgan fingerprint density at radius 1 is 1.52 bits per heavy atom. The molecule has 0 amide bonds. The largest absolute Gasteiger partial charge is 0.396 e. The summed E-state index contributed by atoms with van der Waals surface area (Å²) in [7, 11) is 0. The first-order chi connectivity index (χ1) is 14.0. The van der Waals surface area contributed by atoms with E-state index in [9.17, 15) is 5.11 Å². The number of aliphatic hydroxyl groups excluding tert-OH is 1. The van der Waals surface area contributed by atoms with E-state index in [4.69, 9.17) is 10.6 Å². The number of ether oxygens (including phenoxy) is 1. The smallest absolute Gasteiger partial charge is 0.0969 e. The van der Waals surface area contributed by atoms with Crippen molar-refractivity contribution in [2.45, 2.75) is 64.5 Å². The minimum atomic E-state index is -0.128. The van der Waals surface area contributed by atoms with Crippen molar-refractivity contribution in [1.29, 1.82) is 0 Å². The van der Waals surface area contributed by atoms with Gasteiger partial charge in [0.1, 0.15) is 0 Å². The Kier molecular flexibility index (Phi) is 7.85. The van der Waals surface area contributed by atoms with Crippen LogP contribution in [0, 0.1) is 5.92 Å². The molecule has 6 nitrogen and oxygen atoms in total. The molecule has 3 rings (SSSR count). The van der Waals surface area contributed by atoms with Gasteiger partial charge in [-0.25, -0.2) is 0 Å². The highest BCUT2D eigenvalue weighted by Crippen LogP contribution is 2.46. The Bertz CT molecular complexity index is 728. The van der Waals surface area contributed by atoms with Crippen molar-refractivity contribution in [3.05, 3.63) is 21.4 Å². The second-order valence-corrected chi connectivity index (χ2v) is 9.56. The number of likely N-dealkylation sites (tertiary alicyclic amines) is 1. The van der Waals surface area contributed by atoms with Gasteiger partial charge in [0.2, 0.25) is 0 Å². The average Bonchev–Trinajstić information content (AvgIpc) is 3.17. The normalized spacial score (nSPS) is 26.9. The van der Waals surface area contributed by atoms with Gasteiger partial charge in [0, 0.05) is 60.6 Å². The standard InChI is InChI=1S/C22H36N4O2S/c1-4-17(15-27)12-24-13-18(25-23)14-26-8-7-22(11-16(26)3)20-10-19(5-2)29-21(20)6-9-28-22/h10,13,16-17,27H,4-9,11-12,14-15,23H2,1-3H3/b24-13?,25-18+/t16-,17?,22+/m0/s1. The van der Waals surface area contributed by atoms with Crippen LogP contribution in [0.1, 0.15) is 55.4 Å². The lowest BCUT2D eigenvalue weighted by Gasteiger charge is -2.47. The zero-order valence-electron chi connectivity index (χ0n) is 18.1. The number of hydrazone groups is 1. The highest BCUT2D eigenvalue weighted by molar-refractivity contribution is 7.12. The molecule has 162 valence electrons. The number of thiophene rings is 1. The Hall–Kier alpha value is -1.28. The zero-order chi connectivity index (χ0) is 20.9. The first-order valence-corrected chi connectivity index (χ1v) is 11.7. The van der Waals surface area contributed by atoms with E-state index in [0.29, 0.717) is 19.1 Å². The van der Waals surface area contributed by atoms with Crippen molar-refractivity contribution < 1.29 is 9.84 Å². The minimum absolute atomic E-state index is 0.128. The highest BCUT2D eigenvalue weighted by atomic mass is 32.1. The summed E-state index contributed by atoms with van der Waals surface area (Å²) in [5, 5.41) is 13.3. The molecule has 1 spiro atoms. The monoisotopic (exact) mass is 420 g/mol. The lowest BCUT2D eigenvalue weighted by Crippen LogP contribution is -2.51. The maximum atomic E-state index is 9.30. The number of hydrogen-bond donors (Lipinski definition) is 2. The van der Waals surface area contributed by atoms with Crippen LogP contribution in [0.4, 0.5) is 0 Å². The van der Waals surface area contributed by atoms with Crippen LogP contribution in [-0.2, 0) is 23.2 Å². The molecule has 0 aliphatic carbocycles. The van der Waals surface area contributed by atoms with Gasteiger partial charge in [0.05, 0.1) is 17.9 Å². The van der Waals surface area contributed by atoms with Crippen molar-refractivity contribution in [3.63, 3.8) is 0 Å². The molecule has 0 aromatic carbocycles. The van der Waals surface area contributed by atoms with Crippen LogP contribution in [0.2, 0.25) is 0 Å². The summed E-state index contributed by atoms with van der Waals surface area (Å²) in [4.78, 5) is 9.88. The quantitative estimate of drug-likeness (QED) is 0.385. The van der Waals surface area contributed by atoms with Crippen LogP contribution in [0.5, 0.6) is 0 Å². The average molecular weight is 421 g/mol. The molecule has 3 N–H and O–H groups in total. The summed E-state index contributed by atoms with van der Waals surface area (Å²) in [5.41, 5.74) is 2.10. The molecule has 3 heterocycles. The van der Waals surface area contributed by atoms with E-state index in [-0.39, 0.29) is 18.1 Å². The molecule has 1 aromatic heterocycles. The lowest BCUT2D eigenvalue weighted by molar-refractivity contribution is -0.108. The number of nitrogens with zero attached hydrogens (tertiary/aromatic N) is 3. The summed E-state index contributed by atoms with van der Waals surface area (Å²) >= 11 is 1.97. The van der Waals surface area contributed by atoms with Gasteiger partial charge in [0.25, 0.3) is 0 Å². The molecule has 3 atom stereocenters. The number of nitrogens with two attached hydrogens (primary N) is 1. The van der Waals surface area contributed by atoms with Gasteiger partial charge in [-0.15, -0.1) is 11.3 Å². The maximum absolute atomic E-state index is 9.30. The summed E-state index contributed by atoms with van der Waals surface area (Å²) < 4.78 is 6.43. The fourth-order valence-corrected chi connectivity index (χ4v) is 5.63. The van der Waals surface area contributed by atoms with Crippen LogP contribution in [0.3, 0.4) is 0 Å². The summed E-state index contributed by atoms with van der Waals surface area (Å²) in [6.45, 7) is 9.83. The van der Waals surface area contributed by atoms with Crippen LogP contribution >= 0.6 is 11.3 Å². The maximum Gasteiger partial charge on any atom is 0.0969 e. The molecule has 2 aliphatic heterocycles. The van der Waals surface area contributed by atoms with E-state index in [2.05, 4.69) is 41.8 Å². The van der Waals surface area contributed by atoms with E-state index in [0.717, 1.165) is 51.0 Å². The molecule has 0 saturated carbocycles. The molecular weight excluding hydrogens is 384 g/mol. The Balaban J connectivity index is 1.63.